The van der Waals surface area contributed by atoms with Crippen LogP contribution in [0.4, 0.5) is 23.0 Å². The maximum atomic E-state index is 10.9. The van der Waals surface area contributed by atoms with Crippen LogP contribution in [0.2, 0.25) is 0 Å². The highest BCUT2D eigenvalue weighted by Crippen LogP contribution is 2.26. The van der Waals surface area contributed by atoms with Crippen molar-refractivity contribution in [3.8, 4) is 0 Å². The topological polar surface area (TPSA) is 64.6 Å². The van der Waals surface area contributed by atoms with Crippen molar-refractivity contribution in [1.82, 2.24) is 14.9 Å². The summed E-state index contributed by atoms with van der Waals surface area (Å²) in [5.41, 5.74) is 2.31. The van der Waals surface area contributed by atoms with Crippen molar-refractivity contribution < 1.29 is 4.79 Å². The van der Waals surface area contributed by atoms with Gasteiger partial charge in [-0.25, -0.2) is 9.97 Å². The number of aromatic nitrogens is 2. The maximum Gasteiger partial charge on any atom is 0.209 e. The molecule has 0 spiro atoms. The number of nitrogens with one attached hydrogen (secondary N) is 1. The summed E-state index contributed by atoms with van der Waals surface area (Å²) in [6.45, 7) is 9.56. The minimum Gasteiger partial charge on any atom is -0.372 e. The summed E-state index contributed by atoms with van der Waals surface area (Å²) in [6, 6.07) is 10.6. The molecule has 1 aromatic heterocycles. The number of hydrogen-bond donors (Lipinski definition) is 1. The van der Waals surface area contributed by atoms with E-state index in [4.69, 9.17) is 0 Å². The fourth-order valence-electron chi connectivity index (χ4n) is 4.00. The Labute approximate surface area is 172 Å². The normalized spacial score (nSPS) is 18.1. The molecule has 2 aliphatic rings. The van der Waals surface area contributed by atoms with Gasteiger partial charge in [-0.15, -0.1) is 0 Å². The minimum absolute atomic E-state index is 0.728. The lowest BCUT2D eigenvalue weighted by molar-refractivity contribution is -0.118. The fourth-order valence-corrected chi connectivity index (χ4v) is 4.00. The zero-order chi connectivity index (χ0) is 20.2. The number of piperazine rings is 1. The Morgan fingerprint density at radius 2 is 1.66 bits per heavy atom. The molecule has 0 atom stereocenters. The molecule has 29 heavy (non-hydrogen) atoms. The van der Waals surface area contributed by atoms with Crippen LogP contribution in [0.5, 0.6) is 0 Å². The van der Waals surface area contributed by atoms with E-state index in [1.165, 1.54) is 18.5 Å². The lowest BCUT2D eigenvalue weighted by Gasteiger charge is -2.33. The Balaban J connectivity index is 1.42. The van der Waals surface area contributed by atoms with E-state index in [0.717, 1.165) is 74.7 Å². The SMILES string of the molecule is Cc1nc(Nc2ccc(N3CCC(C)CC3)cc2)cc(N2CCN(C=O)CC2)n1. The second kappa shape index (κ2) is 8.68. The molecule has 0 saturated carbocycles. The van der Waals surface area contributed by atoms with Crippen LogP contribution in [0.3, 0.4) is 0 Å². The van der Waals surface area contributed by atoms with Gasteiger partial charge in [-0.1, -0.05) is 6.92 Å². The van der Waals surface area contributed by atoms with Gasteiger partial charge in [-0.05, 0) is 49.9 Å². The summed E-state index contributed by atoms with van der Waals surface area (Å²) in [5, 5.41) is 3.42. The molecule has 154 valence electrons. The molecule has 2 aliphatic heterocycles. The van der Waals surface area contributed by atoms with Crippen molar-refractivity contribution in [2.24, 2.45) is 5.92 Å². The van der Waals surface area contributed by atoms with Crippen molar-refractivity contribution in [3.05, 3.63) is 36.2 Å². The van der Waals surface area contributed by atoms with E-state index >= 15 is 0 Å². The maximum absolute atomic E-state index is 10.9. The monoisotopic (exact) mass is 394 g/mol. The molecule has 1 N–H and O–H groups in total. The number of amides is 1. The Morgan fingerprint density at radius 3 is 2.31 bits per heavy atom. The van der Waals surface area contributed by atoms with Gasteiger partial charge in [0.2, 0.25) is 6.41 Å². The van der Waals surface area contributed by atoms with E-state index in [1.807, 2.05) is 13.0 Å². The average molecular weight is 395 g/mol. The molecule has 1 aromatic carbocycles. The largest absolute Gasteiger partial charge is 0.372 e. The van der Waals surface area contributed by atoms with E-state index in [-0.39, 0.29) is 0 Å². The Hall–Kier alpha value is -2.83. The molecule has 2 fully saturated rings. The predicted octanol–water partition coefficient (Wildman–Crippen LogP) is 3.04. The average Bonchev–Trinajstić information content (AvgIpc) is 2.75. The van der Waals surface area contributed by atoms with E-state index in [1.54, 1.807) is 4.90 Å². The number of nitrogens with zero attached hydrogens (tertiary/aromatic N) is 5. The smallest absolute Gasteiger partial charge is 0.209 e. The molecule has 7 nitrogen and oxygen atoms in total. The summed E-state index contributed by atoms with van der Waals surface area (Å²) in [6.07, 6.45) is 3.46. The number of hydrogen-bond acceptors (Lipinski definition) is 6. The van der Waals surface area contributed by atoms with Crippen molar-refractivity contribution >= 4 is 29.4 Å². The quantitative estimate of drug-likeness (QED) is 0.787. The van der Waals surface area contributed by atoms with Crippen molar-refractivity contribution in [3.63, 3.8) is 0 Å². The summed E-state index contributed by atoms with van der Waals surface area (Å²) < 4.78 is 0. The number of anilines is 4. The number of benzene rings is 1. The summed E-state index contributed by atoms with van der Waals surface area (Å²) in [4.78, 5) is 26.5. The zero-order valence-electron chi connectivity index (χ0n) is 17.3. The van der Waals surface area contributed by atoms with E-state index in [0.29, 0.717) is 0 Å². The fraction of sp³-hybridized carbons (Fsp3) is 0.500. The van der Waals surface area contributed by atoms with Gasteiger partial charge in [-0.2, -0.15) is 0 Å². The third kappa shape index (κ3) is 4.78. The van der Waals surface area contributed by atoms with Gasteiger partial charge in [0, 0.05) is 56.7 Å². The summed E-state index contributed by atoms with van der Waals surface area (Å²) >= 11 is 0. The minimum atomic E-state index is 0.728. The molecule has 2 aromatic rings. The molecule has 7 heteroatoms. The van der Waals surface area contributed by atoms with E-state index in [2.05, 4.69) is 56.3 Å². The molecule has 2 saturated heterocycles. The highest BCUT2D eigenvalue weighted by molar-refractivity contribution is 5.63. The lowest BCUT2D eigenvalue weighted by atomic mass is 9.99. The highest BCUT2D eigenvalue weighted by atomic mass is 16.1. The molecule has 0 unspecified atom stereocenters. The summed E-state index contributed by atoms with van der Waals surface area (Å²) in [5.74, 6) is 3.28. The lowest BCUT2D eigenvalue weighted by Crippen LogP contribution is -2.46. The third-order valence-corrected chi connectivity index (χ3v) is 5.90. The molecular weight excluding hydrogens is 364 g/mol. The molecule has 0 bridgehead atoms. The van der Waals surface area contributed by atoms with Crippen molar-refractivity contribution in [2.75, 3.05) is 54.4 Å². The van der Waals surface area contributed by atoms with Crippen molar-refractivity contribution in [2.45, 2.75) is 26.7 Å². The molecule has 4 rings (SSSR count). The number of piperidine rings is 1. The Kier molecular flexibility index (Phi) is 5.83. The van der Waals surface area contributed by atoms with Crippen LogP contribution in [0.1, 0.15) is 25.6 Å². The zero-order valence-corrected chi connectivity index (χ0v) is 17.3. The van der Waals surface area contributed by atoms with Gasteiger partial charge in [-0.3, -0.25) is 4.79 Å². The van der Waals surface area contributed by atoms with Crippen LogP contribution in [-0.2, 0) is 4.79 Å². The first kappa shape index (κ1) is 19.5. The first-order chi connectivity index (χ1) is 14.1. The van der Waals surface area contributed by atoms with Crippen LogP contribution < -0.4 is 15.1 Å². The van der Waals surface area contributed by atoms with E-state index in [9.17, 15) is 4.79 Å². The van der Waals surface area contributed by atoms with Crippen LogP contribution in [0, 0.1) is 12.8 Å². The first-order valence-corrected chi connectivity index (χ1v) is 10.5. The number of carbonyl (C=O) groups is 1. The molecular formula is C22H30N6O. The molecule has 0 radical (unpaired) electrons. The van der Waals surface area contributed by atoms with Crippen LogP contribution in [0.25, 0.3) is 0 Å². The second-order valence-electron chi connectivity index (χ2n) is 8.13. The van der Waals surface area contributed by atoms with Crippen molar-refractivity contribution in [1.29, 1.82) is 0 Å². The van der Waals surface area contributed by atoms with Crippen LogP contribution in [0.15, 0.2) is 30.3 Å². The Bertz CT molecular complexity index is 824. The van der Waals surface area contributed by atoms with Gasteiger partial charge in [0.05, 0.1) is 0 Å². The number of rotatable bonds is 5. The standard InChI is InChI=1S/C22H30N6O/c1-17-7-9-27(10-8-17)20-5-3-19(4-6-20)25-21-15-22(24-18(2)23-21)28-13-11-26(16-29)12-14-28/h3-6,15-17H,7-14H2,1-2H3,(H,23,24,25). The van der Waals surface area contributed by atoms with Gasteiger partial charge in [0.15, 0.2) is 0 Å². The second-order valence-corrected chi connectivity index (χ2v) is 8.13. The van der Waals surface area contributed by atoms with Crippen LogP contribution in [-0.4, -0.2) is 60.5 Å². The van der Waals surface area contributed by atoms with Gasteiger partial charge < -0.3 is 20.0 Å². The molecule has 1 amide bonds. The first-order valence-electron chi connectivity index (χ1n) is 10.5. The third-order valence-electron chi connectivity index (χ3n) is 5.90. The van der Waals surface area contributed by atoms with Gasteiger partial charge >= 0.3 is 0 Å². The van der Waals surface area contributed by atoms with Gasteiger partial charge in [0.25, 0.3) is 0 Å². The summed E-state index contributed by atoms with van der Waals surface area (Å²) in [7, 11) is 0. The van der Waals surface area contributed by atoms with E-state index < -0.39 is 0 Å². The number of aryl methyl sites for hydroxylation is 1. The predicted molar refractivity (Wildman–Crippen MR) is 117 cm³/mol. The van der Waals surface area contributed by atoms with Crippen LogP contribution >= 0.6 is 0 Å². The van der Waals surface area contributed by atoms with Gasteiger partial charge in [0.1, 0.15) is 17.5 Å². The molecule has 3 heterocycles. The molecule has 0 aliphatic carbocycles. The highest BCUT2D eigenvalue weighted by Gasteiger charge is 2.18. The number of carbonyl (C=O) groups excluding carboxylic acids is 1. The Morgan fingerprint density at radius 1 is 0.966 bits per heavy atom.